The summed E-state index contributed by atoms with van der Waals surface area (Å²) in [6, 6.07) is 5.78. The minimum Gasteiger partial charge on any atom is -0.381 e. The fraction of sp³-hybridized carbons (Fsp3) is 0.462. The standard InChI is InChI=1S/C13H16BrNO2/c1-9-2-3-12(14)11(6-9)13(16)15-7-10-4-5-17-8-10/h2-3,6,10H,4-5,7-8H2,1H3,(H,15,16). The van der Waals surface area contributed by atoms with E-state index in [0.717, 1.165) is 29.7 Å². The summed E-state index contributed by atoms with van der Waals surface area (Å²) in [5.41, 5.74) is 1.78. The number of halogens is 1. The normalized spacial score (nSPS) is 19.3. The van der Waals surface area contributed by atoms with Crippen molar-refractivity contribution in [3.8, 4) is 0 Å². The minimum absolute atomic E-state index is 0.0209. The van der Waals surface area contributed by atoms with Crippen LogP contribution < -0.4 is 5.32 Å². The fourth-order valence-electron chi connectivity index (χ4n) is 1.89. The van der Waals surface area contributed by atoms with Crippen LogP contribution in [0.15, 0.2) is 22.7 Å². The quantitative estimate of drug-likeness (QED) is 0.931. The monoisotopic (exact) mass is 297 g/mol. The van der Waals surface area contributed by atoms with E-state index in [9.17, 15) is 4.79 Å². The van der Waals surface area contributed by atoms with Crippen LogP contribution in [0.25, 0.3) is 0 Å². The van der Waals surface area contributed by atoms with Gasteiger partial charge in [0.2, 0.25) is 0 Å². The average Bonchev–Trinajstić information content (AvgIpc) is 2.82. The Balaban J connectivity index is 1.96. The molecular formula is C13H16BrNO2. The van der Waals surface area contributed by atoms with Crippen LogP contribution in [0.3, 0.4) is 0 Å². The Morgan fingerprint density at radius 3 is 3.12 bits per heavy atom. The summed E-state index contributed by atoms with van der Waals surface area (Å²) in [5.74, 6) is 0.440. The molecule has 0 spiro atoms. The summed E-state index contributed by atoms with van der Waals surface area (Å²) in [6.07, 6.45) is 1.04. The van der Waals surface area contributed by atoms with Gasteiger partial charge in [-0.2, -0.15) is 0 Å². The maximum absolute atomic E-state index is 12.0. The third-order valence-electron chi connectivity index (χ3n) is 2.94. The van der Waals surface area contributed by atoms with Crippen LogP contribution in [0.4, 0.5) is 0 Å². The lowest BCUT2D eigenvalue weighted by Crippen LogP contribution is -2.29. The Bertz CT molecular complexity index is 414. The topological polar surface area (TPSA) is 38.3 Å². The van der Waals surface area contributed by atoms with E-state index in [2.05, 4.69) is 21.2 Å². The second kappa shape index (κ2) is 5.65. The smallest absolute Gasteiger partial charge is 0.252 e. The number of amides is 1. The first-order valence-corrected chi connectivity index (χ1v) is 6.58. The van der Waals surface area contributed by atoms with Crippen molar-refractivity contribution < 1.29 is 9.53 Å². The molecule has 92 valence electrons. The van der Waals surface area contributed by atoms with Crippen LogP contribution in [-0.2, 0) is 4.74 Å². The highest BCUT2D eigenvalue weighted by atomic mass is 79.9. The molecule has 1 aliphatic rings. The van der Waals surface area contributed by atoms with Crippen molar-refractivity contribution in [2.75, 3.05) is 19.8 Å². The molecule has 0 radical (unpaired) electrons. The molecule has 4 heteroatoms. The molecule has 0 saturated carbocycles. The molecule has 0 aromatic heterocycles. The molecule has 2 rings (SSSR count). The van der Waals surface area contributed by atoms with Crippen molar-refractivity contribution in [1.29, 1.82) is 0 Å². The van der Waals surface area contributed by atoms with Crippen LogP contribution in [-0.4, -0.2) is 25.7 Å². The van der Waals surface area contributed by atoms with Gasteiger partial charge in [0, 0.05) is 23.5 Å². The molecule has 1 fully saturated rings. The van der Waals surface area contributed by atoms with Crippen LogP contribution in [0.2, 0.25) is 0 Å². The molecule has 1 aromatic carbocycles. The predicted molar refractivity (Wildman–Crippen MR) is 70.1 cm³/mol. The maximum Gasteiger partial charge on any atom is 0.252 e. The highest BCUT2D eigenvalue weighted by Gasteiger charge is 2.17. The third-order valence-corrected chi connectivity index (χ3v) is 3.63. The van der Waals surface area contributed by atoms with Crippen molar-refractivity contribution in [2.45, 2.75) is 13.3 Å². The Kier molecular flexibility index (Phi) is 4.18. The van der Waals surface area contributed by atoms with Crippen LogP contribution in [0, 0.1) is 12.8 Å². The number of carbonyl (C=O) groups excluding carboxylic acids is 1. The summed E-state index contributed by atoms with van der Waals surface area (Å²) in [4.78, 5) is 12.0. The van der Waals surface area contributed by atoms with Crippen molar-refractivity contribution in [3.63, 3.8) is 0 Å². The van der Waals surface area contributed by atoms with Gasteiger partial charge in [0.15, 0.2) is 0 Å². The molecule has 1 amide bonds. The number of benzene rings is 1. The van der Waals surface area contributed by atoms with Gasteiger partial charge >= 0.3 is 0 Å². The number of rotatable bonds is 3. The number of carbonyl (C=O) groups is 1. The van der Waals surface area contributed by atoms with E-state index < -0.39 is 0 Å². The van der Waals surface area contributed by atoms with Crippen LogP contribution >= 0.6 is 15.9 Å². The molecule has 1 N–H and O–H groups in total. The lowest BCUT2D eigenvalue weighted by molar-refractivity contribution is 0.0944. The third kappa shape index (κ3) is 3.30. The second-order valence-electron chi connectivity index (χ2n) is 4.42. The summed E-state index contributed by atoms with van der Waals surface area (Å²) in [6.45, 7) is 4.25. The lowest BCUT2D eigenvalue weighted by atomic mass is 10.1. The molecule has 1 aliphatic heterocycles. The molecule has 1 aromatic rings. The van der Waals surface area contributed by atoms with Crippen molar-refractivity contribution >= 4 is 21.8 Å². The van der Waals surface area contributed by atoms with Crippen molar-refractivity contribution in [2.24, 2.45) is 5.92 Å². The first kappa shape index (κ1) is 12.6. The summed E-state index contributed by atoms with van der Waals surface area (Å²) >= 11 is 3.40. The van der Waals surface area contributed by atoms with Gasteiger partial charge in [-0.05, 0) is 41.4 Å². The highest BCUT2D eigenvalue weighted by Crippen LogP contribution is 2.18. The zero-order chi connectivity index (χ0) is 12.3. The summed E-state index contributed by atoms with van der Waals surface area (Å²) < 4.78 is 6.11. The number of hydrogen-bond donors (Lipinski definition) is 1. The summed E-state index contributed by atoms with van der Waals surface area (Å²) in [5, 5.41) is 2.96. The molecule has 0 aliphatic carbocycles. The number of nitrogens with one attached hydrogen (secondary N) is 1. The van der Waals surface area contributed by atoms with Gasteiger partial charge in [-0.1, -0.05) is 11.6 Å². The Hall–Kier alpha value is -0.870. The second-order valence-corrected chi connectivity index (χ2v) is 5.28. The Morgan fingerprint density at radius 1 is 1.59 bits per heavy atom. The van der Waals surface area contributed by atoms with Gasteiger partial charge in [-0.25, -0.2) is 0 Å². The minimum atomic E-state index is -0.0209. The van der Waals surface area contributed by atoms with E-state index in [-0.39, 0.29) is 5.91 Å². The van der Waals surface area contributed by atoms with Gasteiger partial charge in [-0.15, -0.1) is 0 Å². The van der Waals surface area contributed by atoms with Gasteiger partial charge < -0.3 is 10.1 Å². The molecule has 1 unspecified atom stereocenters. The summed E-state index contributed by atoms with van der Waals surface area (Å²) in [7, 11) is 0. The zero-order valence-corrected chi connectivity index (χ0v) is 11.4. The van der Waals surface area contributed by atoms with Crippen molar-refractivity contribution in [1.82, 2.24) is 5.32 Å². The number of hydrogen-bond acceptors (Lipinski definition) is 2. The average molecular weight is 298 g/mol. The zero-order valence-electron chi connectivity index (χ0n) is 9.83. The largest absolute Gasteiger partial charge is 0.381 e. The van der Waals surface area contributed by atoms with Crippen molar-refractivity contribution in [3.05, 3.63) is 33.8 Å². The van der Waals surface area contributed by atoms with E-state index >= 15 is 0 Å². The SMILES string of the molecule is Cc1ccc(Br)c(C(=O)NCC2CCOC2)c1. The van der Waals surface area contributed by atoms with Gasteiger partial charge in [0.05, 0.1) is 12.2 Å². The lowest BCUT2D eigenvalue weighted by Gasteiger charge is -2.10. The van der Waals surface area contributed by atoms with Crippen LogP contribution in [0.5, 0.6) is 0 Å². The molecule has 1 saturated heterocycles. The molecule has 0 bridgehead atoms. The first-order valence-electron chi connectivity index (χ1n) is 5.79. The number of aryl methyl sites for hydroxylation is 1. The number of ether oxygens (including phenoxy) is 1. The maximum atomic E-state index is 12.0. The highest BCUT2D eigenvalue weighted by molar-refractivity contribution is 9.10. The van der Waals surface area contributed by atoms with E-state index in [0.29, 0.717) is 18.0 Å². The van der Waals surface area contributed by atoms with Gasteiger partial charge in [-0.3, -0.25) is 4.79 Å². The Labute approximate surface area is 110 Å². The molecule has 1 heterocycles. The van der Waals surface area contributed by atoms with E-state index in [1.165, 1.54) is 0 Å². The molecule has 3 nitrogen and oxygen atoms in total. The first-order chi connectivity index (χ1) is 8.16. The van der Waals surface area contributed by atoms with E-state index in [1.54, 1.807) is 0 Å². The molecule has 17 heavy (non-hydrogen) atoms. The van der Waals surface area contributed by atoms with Gasteiger partial charge in [0.25, 0.3) is 5.91 Å². The predicted octanol–water partition coefficient (Wildman–Crippen LogP) is 2.52. The van der Waals surface area contributed by atoms with Crippen LogP contribution in [0.1, 0.15) is 22.3 Å². The van der Waals surface area contributed by atoms with Gasteiger partial charge in [0.1, 0.15) is 0 Å². The molecule has 1 atom stereocenters. The van der Waals surface area contributed by atoms with E-state index in [4.69, 9.17) is 4.74 Å². The molecular weight excluding hydrogens is 282 g/mol. The Morgan fingerprint density at radius 2 is 2.41 bits per heavy atom. The van der Waals surface area contributed by atoms with E-state index in [1.807, 2.05) is 25.1 Å². The fourth-order valence-corrected chi connectivity index (χ4v) is 2.32.